The van der Waals surface area contributed by atoms with Crippen molar-refractivity contribution in [3.05, 3.63) is 0 Å². The molecule has 0 fully saturated rings. The van der Waals surface area contributed by atoms with E-state index in [1.165, 1.54) is 5.75 Å². The summed E-state index contributed by atoms with van der Waals surface area (Å²) in [6, 6.07) is 0. The fourth-order valence-electron chi connectivity index (χ4n) is 1.25. The van der Waals surface area contributed by atoms with E-state index >= 15 is 0 Å². The molecule has 0 aliphatic carbocycles. The number of rotatable bonds is 7. The van der Waals surface area contributed by atoms with Crippen LogP contribution in [0.25, 0.3) is 0 Å². The Morgan fingerprint density at radius 2 is 2.08 bits per heavy atom. The van der Waals surface area contributed by atoms with E-state index in [4.69, 9.17) is 0 Å². The summed E-state index contributed by atoms with van der Waals surface area (Å²) in [5.74, 6) is 1.17. The highest BCUT2D eigenvalue weighted by atomic mass is 32.2. The van der Waals surface area contributed by atoms with Gasteiger partial charge in [-0.3, -0.25) is 0 Å². The second kappa shape index (κ2) is 6.68. The summed E-state index contributed by atoms with van der Waals surface area (Å²) in [5, 5.41) is 9.23. The van der Waals surface area contributed by atoms with Gasteiger partial charge in [-0.15, -0.1) is 0 Å². The summed E-state index contributed by atoms with van der Waals surface area (Å²) in [6.45, 7) is 6.66. The Kier molecular flexibility index (Phi) is 6.82. The molecule has 0 bridgehead atoms. The molecule has 0 rings (SSSR count). The van der Waals surface area contributed by atoms with Gasteiger partial charge in [-0.1, -0.05) is 13.8 Å². The lowest BCUT2D eigenvalue weighted by atomic mass is 9.88. The zero-order valence-corrected chi connectivity index (χ0v) is 10.2. The van der Waals surface area contributed by atoms with E-state index in [2.05, 4.69) is 32.1 Å². The minimum atomic E-state index is 0.0765. The second-order valence-corrected chi connectivity index (χ2v) is 5.04. The van der Waals surface area contributed by atoms with Gasteiger partial charge in [-0.2, -0.15) is 11.8 Å². The summed E-state index contributed by atoms with van der Waals surface area (Å²) < 4.78 is 0. The third-order valence-electron chi connectivity index (χ3n) is 2.56. The molecule has 0 aromatic rings. The van der Waals surface area contributed by atoms with Crippen molar-refractivity contribution in [3.8, 4) is 0 Å². The van der Waals surface area contributed by atoms with Crippen LogP contribution in [0.1, 0.15) is 20.3 Å². The molecule has 1 atom stereocenters. The Balaban J connectivity index is 3.79. The van der Waals surface area contributed by atoms with Gasteiger partial charge in [0.25, 0.3) is 0 Å². The molecule has 0 radical (unpaired) electrons. The first-order valence-corrected chi connectivity index (χ1v) is 6.25. The van der Waals surface area contributed by atoms with E-state index in [0.717, 1.165) is 19.5 Å². The molecule has 80 valence electrons. The van der Waals surface area contributed by atoms with Crippen LogP contribution in [0.3, 0.4) is 0 Å². The van der Waals surface area contributed by atoms with E-state index in [-0.39, 0.29) is 12.0 Å². The van der Waals surface area contributed by atoms with E-state index in [1.54, 1.807) is 0 Å². The molecule has 0 aromatic heterocycles. The molecule has 0 spiro atoms. The lowest BCUT2D eigenvalue weighted by molar-refractivity contribution is 0.0981. The minimum absolute atomic E-state index is 0.0765. The van der Waals surface area contributed by atoms with Crippen LogP contribution in [0, 0.1) is 5.41 Å². The lowest BCUT2D eigenvalue weighted by Gasteiger charge is -2.31. The van der Waals surface area contributed by atoms with Crippen LogP contribution < -0.4 is 0 Å². The van der Waals surface area contributed by atoms with Gasteiger partial charge in [0.05, 0.1) is 0 Å². The third-order valence-corrected chi connectivity index (χ3v) is 3.15. The first kappa shape index (κ1) is 13.3. The van der Waals surface area contributed by atoms with Crippen molar-refractivity contribution < 1.29 is 5.11 Å². The number of aliphatic hydroxyl groups is 1. The quantitative estimate of drug-likeness (QED) is 0.684. The molecule has 0 aliphatic heterocycles. The predicted molar refractivity (Wildman–Crippen MR) is 61.4 cm³/mol. The minimum Gasteiger partial charge on any atom is -0.396 e. The monoisotopic (exact) mass is 205 g/mol. The van der Waals surface area contributed by atoms with Gasteiger partial charge in [0, 0.05) is 30.9 Å². The molecule has 0 saturated heterocycles. The average Bonchev–Trinajstić information content (AvgIpc) is 2.14. The molecule has 0 saturated carbocycles. The Bertz CT molecular complexity index is 126. The van der Waals surface area contributed by atoms with E-state index < -0.39 is 0 Å². The van der Waals surface area contributed by atoms with Crippen LogP contribution in [0.5, 0.6) is 0 Å². The average molecular weight is 205 g/mol. The van der Waals surface area contributed by atoms with Gasteiger partial charge >= 0.3 is 0 Å². The van der Waals surface area contributed by atoms with E-state index in [1.807, 2.05) is 11.8 Å². The van der Waals surface area contributed by atoms with Crippen molar-refractivity contribution in [2.45, 2.75) is 20.3 Å². The maximum absolute atomic E-state index is 9.23. The SMILES string of the molecule is CCC(C)(CO)CN(C)CCSC. The smallest absolute Gasteiger partial charge is 0.0496 e. The topological polar surface area (TPSA) is 23.5 Å². The third kappa shape index (κ3) is 5.55. The highest BCUT2D eigenvalue weighted by Gasteiger charge is 2.22. The van der Waals surface area contributed by atoms with Crippen LogP contribution in [-0.4, -0.2) is 48.8 Å². The van der Waals surface area contributed by atoms with Crippen molar-refractivity contribution in [2.24, 2.45) is 5.41 Å². The zero-order chi connectivity index (χ0) is 10.3. The van der Waals surface area contributed by atoms with Gasteiger partial charge < -0.3 is 10.0 Å². The summed E-state index contributed by atoms with van der Waals surface area (Å²) >= 11 is 1.87. The number of hydrogen-bond acceptors (Lipinski definition) is 3. The number of hydrogen-bond donors (Lipinski definition) is 1. The number of nitrogens with zero attached hydrogens (tertiary/aromatic N) is 1. The van der Waals surface area contributed by atoms with Gasteiger partial charge in [0.1, 0.15) is 0 Å². The molecular formula is C10H23NOS. The molecule has 0 amide bonds. The fraction of sp³-hybridized carbons (Fsp3) is 1.00. The maximum Gasteiger partial charge on any atom is 0.0496 e. The summed E-state index contributed by atoms with van der Waals surface area (Å²) in [5.41, 5.74) is 0.0765. The molecule has 0 aliphatic rings. The lowest BCUT2D eigenvalue weighted by Crippen LogP contribution is -2.36. The summed E-state index contributed by atoms with van der Waals surface area (Å²) in [6.07, 6.45) is 3.16. The first-order valence-electron chi connectivity index (χ1n) is 4.86. The van der Waals surface area contributed by atoms with Crippen LogP contribution in [0.15, 0.2) is 0 Å². The van der Waals surface area contributed by atoms with Crippen molar-refractivity contribution >= 4 is 11.8 Å². The largest absolute Gasteiger partial charge is 0.396 e. The van der Waals surface area contributed by atoms with Gasteiger partial charge in [0.2, 0.25) is 0 Å². The van der Waals surface area contributed by atoms with Gasteiger partial charge in [-0.25, -0.2) is 0 Å². The molecule has 3 heteroatoms. The Morgan fingerprint density at radius 1 is 1.46 bits per heavy atom. The first-order chi connectivity index (χ1) is 6.08. The van der Waals surface area contributed by atoms with E-state index in [0.29, 0.717) is 0 Å². The van der Waals surface area contributed by atoms with E-state index in [9.17, 15) is 5.11 Å². The van der Waals surface area contributed by atoms with Gasteiger partial charge in [0.15, 0.2) is 0 Å². The standard InChI is InChI=1S/C10H23NOS/c1-5-10(2,9-12)8-11(3)6-7-13-4/h12H,5-9H2,1-4H3. The Labute approximate surface area is 86.7 Å². The molecule has 1 N–H and O–H groups in total. The normalized spacial score (nSPS) is 16.2. The highest BCUT2D eigenvalue weighted by Crippen LogP contribution is 2.20. The zero-order valence-electron chi connectivity index (χ0n) is 9.34. The molecule has 1 unspecified atom stereocenters. The van der Waals surface area contributed by atoms with Crippen LogP contribution in [0.2, 0.25) is 0 Å². The number of thioether (sulfide) groups is 1. The maximum atomic E-state index is 9.23. The number of aliphatic hydroxyl groups excluding tert-OH is 1. The summed E-state index contributed by atoms with van der Waals surface area (Å²) in [7, 11) is 2.12. The Hall–Kier alpha value is 0.270. The molecule has 13 heavy (non-hydrogen) atoms. The van der Waals surface area contributed by atoms with Crippen LogP contribution in [-0.2, 0) is 0 Å². The Morgan fingerprint density at radius 3 is 2.46 bits per heavy atom. The highest BCUT2D eigenvalue weighted by molar-refractivity contribution is 7.98. The van der Waals surface area contributed by atoms with Crippen molar-refractivity contribution in [2.75, 3.05) is 38.8 Å². The van der Waals surface area contributed by atoms with Crippen molar-refractivity contribution in [1.29, 1.82) is 0 Å². The molecule has 0 heterocycles. The molecular weight excluding hydrogens is 182 g/mol. The second-order valence-electron chi connectivity index (χ2n) is 4.05. The van der Waals surface area contributed by atoms with Crippen molar-refractivity contribution in [1.82, 2.24) is 4.90 Å². The summed E-state index contributed by atoms with van der Waals surface area (Å²) in [4.78, 5) is 2.30. The van der Waals surface area contributed by atoms with Crippen molar-refractivity contribution in [3.63, 3.8) is 0 Å². The predicted octanol–water partition coefficient (Wildman–Crippen LogP) is 1.69. The van der Waals surface area contributed by atoms with Crippen LogP contribution in [0.4, 0.5) is 0 Å². The van der Waals surface area contributed by atoms with Gasteiger partial charge in [-0.05, 0) is 19.7 Å². The molecule has 0 aromatic carbocycles. The molecule has 2 nitrogen and oxygen atoms in total. The fourth-order valence-corrected chi connectivity index (χ4v) is 1.75. The van der Waals surface area contributed by atoms with Crippen LogP contribution >= 0.6 is 11.8 Å².